The van der Waals surface area contributed by atoms with E-state index in [1.807, 2.05) is 0 Å². The van der Waals surface area contributed by atoms with Crippen molar-refractivity contribution in [3.63, 3.8) is 0 Å². The first-order valence-corrected chi connectivity index (χ1v) is 17.4. The second-order valence-electron chi connectivity index (χ2n) is 11.1. The van der Waals surface area contributed by atoms with E-state index >= 15 is 0 Å². The minimum absolute atomic E-state index is 0. The van der Waals surface area contributed by atoms with Gasteiger partial charge in [-0.2, -0.15) is 0 Å². The smallest absolute Gasteiger partial charge is 0.0161 e. The molecule has 2 aliphatic rings. The summed E-state index contributed by atoms with van der Waals surface area (Å²) in [4.78, 5) is 0. The molecule has 1 atom stereocenters. The van der Waals surface area contributed by atoms with Crippen LogP contribution in [0.15, 0.2) is 97.1 Å². The van der Waals surface area contributed by atoms with Gasteiger partial charge in [0.25, 0.3) is 0 Å². The van der Waals surface area contributed by atoms with E-state index < -0.39 is 15.8 Å². The Morgan fingerprint density at radius 3 is 1.23 bits per heavy atom. The number of hydrogen-bond acceptors (Lipinski definition) is 0. The van der Waals surface area contributed by atoms with Gasteiger partial charge in [-0.15, -0.1) is 0 Å². The summed E-state index contributed by atoms with van der Waals surface area (Å²) in [5.41, 5.74) is 7.36. The van der Waals surface area contributed by atoms with E-state index in [9.17, 15) is 0 Å². The molecule has 6 rings (SSSR count). The SMILES string of the molecule is Cc1cc(C)cc(P(c2cc(C)cc(C)c2)[C@H](C)[C]2[CH][CH][CH][CH]2)c1.[CH]1[CH][CH][C](P(c2ccccc2)c2ccccc2)[CH]1.[Fe]. The molecular weight excluding hydrogens is 598 g/mol. The molecule has 0 spiro atoms. The monoisotopic (exact) mass is 638 g/mol. The zero-order valence-corrected chi connectivity index (χ0v) is 28.6. The fourth-order valence-electron chi connectivity index (χ4n) is 5.71. The summed E-state index contributed by atoms with van der Waals surface area (Å²) >= 11 is 0. The van der Waals surface area contributed by atoms with E-state index in [4.69, 9.17) is 0 Å². The molecule has 2 aliphatic carbocycles. The van der Waals surface area contributed by atoms with Crippen LogP contribution in [0.25, 0.3) is 0 Å². The number of hydrogen-bond donors (Lipinski definition) is 0. The van der Waals surface area contributed by atoms with Crippen molar-refractivity contribution >= 4 is 37.1 Å². The Morgan fingerprint density at radius 1 is 0.465 bits per heavy atom. The molecule has 0 aromatic heterocycles. The minimum Gasteiger partial charge on any atom is -0.0622 e. The van der Waals surface area contributed by atoms with E-state index in [-0.39, 0.29) is 17.1 Å². The fourth-order valence-corrected chi connectivity index (χ4v) is 11.0. The molecule has 4 aromatic carbocycles. The second-order valence-corrected chi connectivity index (χ2v) is 15.9. The topological polar surface area (TPSA) is 0 Å². The minimum atomic E-state index is -0.427. The summed E-state index contributed by atoms with van der Waals surface area (Å²) in [5.74, 6) is 1.44. The summed E-state index contributed by atoms with van der Waals surface area (Å²) in [7, 11) is -0.836. The Hall–Kier alpha value is -1.74. The molecule has 0 bridgehead atoms. The summed E-state index contributed by atoms with van der Waals surface area (Å²) < 4.78 is 0. The van der Waals surface area contributed by atoms with Crippen molar-refractivity contribution in [1.29, 1.82) is 0 Å². The van der Waals surface area contributed by atoms with Crippen molar-refractivity contribution in [2.24, 2.45) is 0 Å². The zero-order valence-electron chi connectivity index (χ0n) is 25.7. The van der Waals surface area contributed by atoms with Gasteiger partial charge in [0.15, 0.2) is 0 Å². The maximum absolute atomic E-state index is 2.39. The molecule has 0 N–H and O–H groups in total. The predicted octanol–water partition coefficient (Wildman–Crippen LogP) is 8.63. The fraction of sp³-hybridized carbons (Fsp3) is 0.150. The van der Waals surface area contributed by atoms with Crippen LogP contribution in [0.3, 0.4) is 0 Å². The van der Waals surface area contributed by atoms with Gasteiger partial charge >= 0.3 is 0 Å². The van der Waals surface area contributed by atoms with Gasteiger partial charge in [-0.05, 0) is 128 Å². The summed E-state index contributed by atoms with van der Waals surface area (Å²) in [6.07, 6.45) is 17.5. The van der Waals surface area contributed by atoms with Crippen molar-refractivity contribution in [2.45, 2.75) is 40.3 Å². The Labute approximate surface area is 275 Å². The van der Waals surface area contributed by atoms with Crippen molar-refractivity contribution in [3.05, 3.63) is 182 Å². The van der Waals surface area contributed by atoms with Gasteiger partial charge in [-0.3, -0.25) is 0 Å². The van der Waals surface area contributed by atoms with E-state index in [2.05, 4.69) is 183 Å². The Kier molecular flexibility index (Phi) is 13.1. The van der Waals surface area contributed by atoms with Gasteiger partial charge in [-0.25, -0.2) is 0 Å². The summed E-state index contributed by atoms with van der Waals surface area (Å²) in [5, 5.41) is 5.79. The second kappa shape index (κ2) is 16.5. The maximum Gasteiger partial charge on any atom is 0.0161 e. The van der Waals surface area contributed by atoms with Gasteiger partial charge < -0.3 is 0 Å². The van der Waals surface area contributed by atoms with Crippen LogP contribution in [0.1, 0.15) is 29.2 Å². The van der Waals surface area contributed by atoms with Crippen molar-refractivity contribution < 1.29 is 17.1 Å². The van der Waals surface area contributed by atoms with Crippen LogP contribution in [-0.2, 0) is 17.1 Å². The van der Waals surface area contributed by atoms with Crippen LogP contribution in [-0.4, -0.2) is 5.66 Å². The average molecular weight is 639 g/mol. The molecule has 0 unspecified atom stereocenters. The quantitative estimate of drug-likeness (QED) is 0.141. The Balaban J connectivity index is 0.000000199. The van der Waals surface area contributed by atoms with E-state index in [0.29, 0.717) is 5.66 Å². The Morgan fingerprint density at radius 2 is 0.837 bits per heavy atom. The van der Waals surface area contributed by atoms with Gasteiger partial charge in [0.2, 0.25) is 0 Å². The van der Waals surface area contributed by atoms with Crippen LogP contribution in [0.5, 0.6) is 0 Å². The number of rotatable bonds is 7. The summed E-state index contributed by atoms with van der Waals surface area (Å²) in [6.45, 7) is 11.2. The summed E-state index contributed by atoms with van der Waals surface area (Å²) in [6, 6.07) is 35.6. The van der Waals surface area contributed by atoms with Gasteiger partial charge in [0, 0.05) is 22.7 Å². The van der Waals surface area contributed by atoms with Crippen molar-refractivity contribution in [3.8, 4) is 0 Å². The first-order chi connectivity index (χ1) is 20.4. The molecule has 218 valence electrons. The molecular formula is C40H40FeP2. The van der Waals surface area contributed by atoms with E-state index in [1.165, 1.54) is 55.0 Å². The molecule has 2 fully saturated rings. The first-order valence-electron chi connectivity index (χ1n) is 14.7. The first kappa shape index (κ1) is 34.1. The third-order valence-corrected chi connectivity index (χ3v) is 12.6. The van der Waals surface area contributed by atoms with Crippen LogP contribution in [0, 0.1) is 90.6 Å². The van der Waals surface area contributed by atoms with Crippen LogP contribution >= 0.6 is 15.8 Å². The third-order valence-electron chi connectivity index (χ3n) is 7.46. The largest absolute Gasteiger partial charge is 0.0622 e. The molecule has 0 saturated heterocycles. The molecule has 10 radical (unpaired) electrons. The molecule has 0 amide bonds. The molecule has 43 heavy (non-hydrogen) atoms. The Bertz CT molecular complexity index is 1270. The third kappa shape index (κ3) is 9.15. The van der Waals surface area contributed by atoms with Crippen LogP contribution < -0.4 is 21.2 Å². The van der Waals surface area contributed by atoms with E-state index in [0.717, 1.165) is 0 Å². The normalized spacial score (nSPS) is 16.2. The average Bonchev–Trinajstić information content (AvgIpc) is 3.70. The standard InChI is InChI=1S/C23H26P.C17H14P.Fe/c1-16-10-17(2)13-22(12-16)24(20(5)21-8-6-7-9-21)23-14-18(3)11-19(4)15-23;1-3-9-15(10-4-1)18(17-13-7-8-14-17)16-11-5-2-6-12-16;/h6-15,20H,1-5H3;1-14H;/t20-;;/m1../s1. The number of benzene rings is 4. The molecule has 0 heterocycles. The van der Waals surface area contributed by atoms with Gasteiger partial charge in [0.05, 0.1) is 0 Å². The molecule has 3 heteroatoms. The van der Waals surface area contributed by atoms with Crippen LogP contribution in [0.2, 0.25) is 0 Å². The molecule has 4 aromatic rings. The van der Waals surface area contributed by atoms with Gasteiger partial charge in [0.1, 0.15) is 0 Å². The molecule has 0 nitrogen and oxygen atoms in total. The van der Waals surface area contributed by atoms with E-state index in [1.54, 1.807) is 0 Å². The number of aryl methyl sites for hydroxylation is 4. The van der Waals surface area contributed by atoms with Crippen LogP contribution in [0.4, 0.5) is 0 Å². The van der Waals surface area contributed by atoms with Crippen molar-refractivity contribution in [2.75, 3.05) is 0 Å². The molecule has 0 aliphatic heterocycles. The maximum atomic E-state index is 2.39. The van der Waals surface area contributed by atoms with Gasteiger partial charge in [-0.1, -0.05) is 126 Å². The predicted molar refractivity (Wildman–Crippen MR) is 187 cm³/mol. The zero-order chi connectivity index (χ0) is 29.5. The van der Waals surface area contributed by atoms with Crippen molar-refractivity contribution in [1.82, 2.24) is 0 Å². The molecule has 2 saturated carbocycles.